The summed E-state index contributed by atoms with van der Waals surface area (Å²) < 4.78 is 0. The van der Waals surface area contributed by atoms with Gasteiger partial charge in [-0.3, -0.25) is 0 Å². The van der Waals surface area contributed by atoms with E-state index in [9.17, 15) is 0 Å². The number of hydrogen-bond acceptors (Lipinski definition) is 2. The molecule has 0 radical (unpaired) electrons. The molecule has 1 N–H and O–H groups in total. The molecule has 2 atom stereocenters. The largest absolute Gasteiger partial charge is 0.320 e. The van der Waals surface area contributed by atoms with Crippen LogP contribution in [0, 0.1) is 5.92 Å². The van der Waals surface area contributed by atoms with Gasteiger partial charge < -0.3 is 10.2 Å². The average molecular weight is 214 g/mol. The topological polar surface area (TPSA) is 15.3 Å². The van der Waals surface area contributed by atoms with E-state index in [1.165, 1.54) is 32.2 Å². The van der Waals surface area contributed by atoms with E-state index in [-0.39, 0.29) is 0 Å². The third-order valence-corrected chi connectivity index (χ3v) is 3.40. The molecule has 0 spiro atoms. The molecule has 0 rings (SSSR count). The van der Waals surface area contributed by atoms with Gasteiger partial charge in [0.15, 0.2) is 0 Å². The molecule has 0 heterocycles. The van der Waals surface area contributed by atoms with E-state index in [2.05, 4.69) is 38.0 Å². The Hall–Kier alpha value is -0.0800. The van der Waals surface area contributed by atoms with E-state index in [1.54, 1.807) is 0 Å². The maximum absolute atomic E-state index is 3.21. The van der Waals surface area contributed by atoms with Crippen molar-refractivity contribution in [1.29, 1.82) is 0 Å². The van der Waals surface area contributed by atoms with Crippen molar-refractivity contribution in [1.82, 2.24) is 10.2 Å². The van der Waals surface area contributed by atoms with Gasteiger partial charge in [-0.25, -0.2) is 0 Å². The van der Waals surface area contributed by atoms with Gasteiger partial charge in [0.25, 0.3) is 0 Å². The normalized spacial score (nSPS) is 15.6. The monoisotopic (exact) mass is 214 g/mol. The van der Waals surface area contributed by atoms with Crippen LogP contribution in [0.15, 0.2) is 0 Å². The Morgan fingerprint density at radius 1 is 1.20 bits per heavy atom. The summed E-state index contributed by atoms with van der Waals surface area (Å²) in [5.41, 5.74) is 0. The van der Waals surface area contributed by atoms with E-state index in [0.29, 0.717) is 0 Å². The highest BCUT2D eigenvalue weighted by Crippen LogP contribution is 2.16. The maximum Gasteiger partial charge on any atom is 0.00921 e. The van der Waals surface area contributed by atoms with E-state index < -0.39 is 0 Å². The van der Waals surface area contributed by atoms with E-state index in [1.807, 2.05) is 7.05 Å². The molecule has 2 heteroatoms. The van der Waals surface area contributed by atoms with Crippen LogP contribution in [-0.2, 0) is 0 Å². The molecule has 0 aromatic rings. The van der Waals surface area contributed by atoms with Crippen LogP contribution in [0.3, 0.4) is 0 Å². The minimum atomic E-state index is 0.775. The molecule has 0 aliphatic heterocycles. The van der Waals surface area contributed by atoms with Gasteiger partial charge in [0, 0.05) is 6.04 Å². The molecule has 92 valence electrons. The highest BCUT2D eigenvalue weighted by atomic mass is 15.1. The van der Waals surface area contributed by atoms with Crippen molar-refractivity contribution in [2.45, 2.75) is 52.5 Å². The van der Waals surface area contributed by atoms with Crippen LogP contribution in [0.4, 0.5) is 0 Å². The summed E-state index contributed by atoms with van der Waals surface area (Å²) in [4.78, 5) is 2.53. The van der Waals surface area contributed by atoms with Crippen molar-refractivity contribution in [2.24, 2.45) is 5.92 Å². The van der Waals surface area contributed by atoms with Gasteiger partial charge in [-0.1, -0.05) is 27.2 Å². The van der Waals surface area contributed by atoms with Gasteiger partial charge >= 0.3 is 0 Å². The summed E-state index contributed by atoms with van der Waals surface area (Å²) in [6, 6.07) is 0.775. The van der Waals surface area contributed by atoms with Crippen LogP contribution >= 0.6 is 0 Å². The fourth-order valence-corrected chi connectivity index (χ4v) is 1.98. The summed E-state index contributed by atoms with van der Waals surface area (Å²) in [6.07, 6.45) is 5.19. The third-order valence-electron chi connectivity index (χ3n) is 3.40. The smallest absolute Gasteiger partial charge is 0.00921 e. The lowest BCUT2D eigenvalue weighted by atomic mass is 9.97. The SMILES string of the molecule is CCC(C)CC(CC)N(C)CCCNC. The van der Waals surface area contributed by atoms with Crippen LogP contribution in [0.1, 0.15) is 46.5 Å². The quantitative estimate of drug-likeness (QED) is 0.594. The molecule has 0 fully saturated rings. The zero-order chi connectivity index (χ0) is 11.7. The first kappa shape index (κ1) is 14.9. The Morgan fingerprint density at radius 2 is 1.87 bits per heavy atom. The van der Waals surface area contributed by atoms with Crippen molar-refractivity contribution >= 4 is 0 Å². The predicted octanol–water partition coefficient (Wildman–Crippen LogP) is 2.74. The van der Waals surface area contributed by atoms with Gasteiger partial charge in [-0.2, -0.15) is 0 Å². The predicted molar refractivity (Wildman–Crippen MR) is 69.3 cm³/mol. The van der Waals surface area contributed by atoms with Crippen LogP contribution in [0.2, 0.25) is 0 Å². The molecule has 0 aliphatic carbocycles. The lowest BCUT2D eigenvalue weighted by Gasteiger charge is -2.29. The molecular formula is C13H30N2. The molecule has 0 aromatic heterocycles. The second-order valence-corrected chi connectivity index (χ2v) is 4.75. The van der Waals surface area contributed by atoms with Gasteiger partial charge in [-0.15, -0.1) is 0 Å². The Morgan fingerprint density at radius 3 is 2.33 bits per heavy atom. The van der Waals surface area contributed by atoms with Crippen molar-refractivity contribution in [3.63, 3.8) is 0 Å². The van der Waals surface area contributed by atoms with E-state index >= 15 is 0 Å². The van der Waals surface area contributed by atoms with Crippen LogP contribution in [0.25, 0.3) is 0 Å². The molecule has 0 aromatic carbocycles. The van der Waals surface area contributed by atoms with Crippen molar-refractivity contribution in [3.05, 3.63) is 0 Å². The highest BCUT2D eigenvalue weighted by Gasteiger charge is 2.14. The first-order valence-electron chi connectivity index (χ1n) is 6.50. The minimum absolute atomic E-state index is 0.775. The van der Waals surface area contributed by atoms with Crippen LogP contribution in [0.5, 0.6) is 0 Å². The molecule has 0 saturated carbocycles. The summed E-state index contributed by atoms with van der Waals surface area (Å²) in [5, 5.41) is 3.21. The van der Waals surface area contributed by atoms with Crippen LogP contribution in [-0.4, -0.2) is 38.1 Å². The molecule has 15 heavy (non-hydrogen) atoms. The highest BCUT2D eigenvalue weighted by molar-refractivity contribution is 4.70. The Bertz CT molecular complexity index is 136. The molecule has 0 amide bonds. The fraction of sp³-hybridized carbons (Fsp3) is 1.00. The maximum atomic E-state index is 3.21. The summed E-state index contributed by atoms with van der Waals surface area (Å²) in [6.45, 7) is 9.31. The lowest BCUT2D eigenvalue weighted by molar-refractivity contribution is 0.200. The molecule has 0 aliphatic rings. The van der Waals surface area contributed by atoms with E-state index in [0.717, 1.165) is 18.5 Å². The van der Waals surface area contributed by atoms with Crippen LogP contribution < -0.4 is 5.32 Å². The molecular weight excluding hydrogens is 184 g/mol. The van der Waals surface area contributed by atoms with Crippen molar-refractivity contribution in [2.75, 3.05) is 27.2 Å². The Labute approximate surface area is 96.4 Å². The summed E-state index contributed by atoms with van der Waals surface area (Å²) in [5.74, 6) is 0.863. The second kappa shape index (κ2) is 9.17. The molecule has 2 unspecified atom stereocenters. The molecule has 0 saturated heterocycles. The number of nitrogens with zero attached hydrogens (tertiary/aromatic N) is 1. The molecule has 2 nitrogen and oxygen atoms in total. The standard InChI is InChI=1S/C13H30N2/c1-6-12(3)11-13(7-2)15(5)10-8-9-14-4/h12-14H,6-11H2,1-5H3. The first-order chi connectivity index (χ1) is 7.15. The zero-order valence-corrected chi connectivity index (χ0v) is 11.3. The summed E-state index contributed by atoms with van der Waals surface area (Å²) in [7, 11) is 4.29. The average Bonchev–Trinajstić information content (AvgIpc) is 2.25. The Balaban J connectivity index is 3.82. The third kappa shape index (κ3) is 6.91. The van der Waals surface area contributed by atoms with Gasteiger partial charge in [0.05, 0.1) is 0 Å². The van der Waals surface area contributed by atoms with Gasteiger partial charge in [0.2, 0.25) is 0 Å². The second-order valence-electron chi connectivity index (χ2n) is 4.75. The Kier molecular flexibility index (Phi) is 9.12. The van der Waals surface area contributed by atoms with Crippen molar-refractivity contribution < 1.29 is 0 Å². The number of rotatable bonds is 9. The van der Waals surface area contributed by atoms with E-state index in [4.69, 9.17) is 0 Å². The number of nitrogens with one attached hydrogen (secondary N) is 1. The zero-order valence-electron chi connectivity index (χ0n) is 11.3. The first-order valence-corrected chi connectivity index (χ1v) is 6.50. The lowest BCUT2D eigenvalue weighted by Crippen LogP contribution is -2.34. The van der Waals surface area contributed by atoms with Gasteiger partial charge in [-0.05, 0) is 52.4 Å². The fourth-order valence-electron chi connectivity index (χ4n) is 1.98. The number of hydrogen-bond donors (Lipinski definition) is 1. The summed E-state index contributed by atoms with van der Waals surface area (Å²) >= 11 is 0. The minimum Gasteiger partial charge on any atom is -0.320 e. The molecule has 0 bridgehead atoms. The van der Waals surface area contributed by atoms with Crippen molar-refractivity contribution in [3.8, 4) is 0 Å². The van der Waals surface area contributed by atoms with Gasteiger partial charge in [0.1, 0.15) is 0 Å².